The Morgan fingerprint density at radius 2 is 1.91 bits per heavy atom. The van der Waals surface area contributed by atoms with Crippen LogP contribution in [0.4, 0.5) is 5.69 Å². The number of H-pyrrole nitrogens is 1. The van der Waals surface area contributed by atoms with E-state index in [9.17, 15) is 9.90 Å². The highest BCUT2D eigenvalue weighted by Gasteiger charge is 2.31. The standard InChI is InChI=1S/C16H20N4O2/c1-12-17-11-14(18-12)15(16(21)22)20-9-7-19(8-10-20)13-5-3-2-4-6-13/h2-6,11,15H,7-10H2,1H3,(H,17,18)(H,21,22). The summed E-state index contributed by atoms with van der Waals surface area (Å²) in [5.74, 6) is -0.0963. The van der Waals surface area contributed by atoms with Gasteiger partial charge in [0.2, 0.25) is 0 Å². The van der Waals surface area contributed by atoms with Crippen molar-refractivity contribution in [2.75, 3.05) is 31.1 Å². The van der Waals surface area contributed by atoms with Gasteiger partial charge in [-0.05, 0) is 19.1 Å². The van der Waals surface area contributed by atoms with Crippen LogP contribution >= 0.6 is 0 Å². The fraction of sp³-hybridized carbons (Fsp3) is 0.375. The van der Waals surface area contributed by atoms with Crippen LogP contribution in [-0.4, -0.2) is 52.1 Å². The molecule has 1 aromatic carbocycles. The summed E-state index contributed by atoms with van der Waals surface area (Å²) < 4.78 is 0. The molecule has 22 heavy (non-hydrogen) atoms. The molecular formula is C16H20N4O2. The van der Waals surface area contributed by atoms with Crippen molar-refractivity contribution in [3.8, 4) is 0 Å². The van der Waals surface area contributed by atoms with E-state index in [1.165, 1.54) is 5.69 Å². The van der Waals surface area contributed by atoms with Crippen molar-refractivity contribution in [3.05, 3.63) is 48.0 Å². The third-order valence-corrected chi connectivity index (χ3v) is 4.05. The van der Waals surface area contributed by atoms with E-state index >= 15 is 0 Å². The molecule has 1 aliphatic heterocycles. The molecule has 0 saturated carbocycles. The average Bonchev–Trinajstić information content (AvgIpc) is 2.95. The molecule has 1 atom stereocenters. The van der Waals surface area contributed by atoms with Crippen LogP contribution in [0.3, 0.4) is 0 Å². The van der Waals surface area contributed by atoms with Crippen LogP contribution in [-0.2, 0) is 4.79 Å². The minimum atomic E-state index is -0.836. The zero-order valence-corrected chi connectivity index (χ0v) is 12.6. The number of aryl methyl sites for hydroxylation is 1. The summed E-state index contributed by atoms with van der Waals surface area (Å²) in [6.07, 6.45) is 1.62. The fourth-order valence-corrected chi connectivity index (χ4v) is 2.94. The SMILES string of the molecule is Cc1ncc(C(C(=O)O)N2CCN(c3ccccc3)CC2)[nH]1. The summed E-state index contributed by atoms with van der Waals surface area (Å²) in [6, 6.07) is 9.56. The maximum atomic E-state index is 11.7. The molecular weight excluding hydrogens is 280 g/mol. The summed E-state index contributed by atoms with van der Waals surface area (Å²) in [7, 11) is 0. The molecule has 0 spiro atoms. The number of para-hydroxylation sites is 1. The zero-order chi connectivity index (χ0) is 15.5. The highest BCUT2D eigenvalue weighted by molar-refractivity contribution is 5.75. The lowest BCUT2D eigenvalue weighted by atomic mass is 10.1. The van der Waals surface area contributed by atoms with Crippen molar-refractivity contribution in [1.29, 1.82) is 0 Å². The minimum absolute atomic E-state index is 0.651. The Morgan fingerprint density at radius 1 is 1.23 bits per heavy atom. The molecule has 116 valence electrons. The van der Waals surface area contributed by atoms with Crippen LogP contribution in [0.1, 0.15) is 17.6 Å². The van der Waals surface area contributed by atoms with E-state index in [0.717, 1.165) is 18.9 Å². The third kappa shape index (κ3) is 2.96. The predicted octanol–water partition coefficient (Wildman–Crippen LogP) is 1.67. The second-order valence-electron chi connectivity index (χ2n) is 5.52. The third-order valence-electron chi connectivity index (χ3n) is 4.05. The Morgan fingerprint density at radius 3 is 2.45 bits per heavy atom. The number of anilines is 1. The van der Waals surface area contributed by atoms with E-state index in [4.69, 9.17) is 0 Å². The first-order valence-corrected chi connectivity index (χ1v) is 7.43. The molecule has 0 radical (unpaired) electrons. The molecule has 6 heteroatoms. The number of imidazole rings is 1. The van der Waals surface area contributed by atoms with Gasteiger partial charge in [0.15, 0.2) is 6.04 Å². The Kier molecular flexibility index (Phi) is 4.11. The van der Waals surface area contributed by atoms with Crippen molar-refractivity contribution in [1.82, 2.24) is 14.9 Å². The highest BCUT2D eigenvalue weighted by atomic mass is 16.4. The number of nitrogens with one attached hydrogen (secondary N) is 1. The highest BCUT2D eigenvalue weighted by Crippen LogP contribution is 2.23. The summed E-state index contributed by atoms with van der Waals surface area (Å²) in [6.45, 7) is 4.89. The lowest BCUT2D eigenvalue weighted by Crippen LogP contribution is -2.49. The van der Waals surface area contributed by atoms with Crippen LogP contribution in [0.15, 0.2) is 36.5 Å². The Bertz CT molecular complexity index is 633. The van der Waals surface area contributed by atoms with Crippen LogP contribution < -0.4 is 4.90 Å². The van der Waals surface area contributed by atoms with Gasteiger partial charge in [0.1, 0.15) is 5.82 Å². The number of aliphatic carboxylic acids is 1. The van der Waals surface area contributed by atoms with Gasteiger partial charge in [-0.25, -0.2) is 4.98 Å². The Labute approximate surface area is 129 Å². The van der Waals surface area contributed by atoms with E-state index < -0.39 is 12.0 Å². The molecule has 2 aromatic rings. The molecule has 2 N–H and O–H groups in total. The van der Waals surface area contributed by atoms with Crippen molar-refractivity contribution in [2.24, 2.45) is 0 Å². The van der Waals surface area contributed by atoms with Crippen molar-refractivity contribution in [3.63, 3.8) is 0 Å². The smallest absolute Gasteiger partial charge is 0.327 e. The molecule has 2 heterocycles. The van der Waals surface area contributed by atoms with Gasteiger partial charge >= 0.3 is 5.97 Å². The summed E-state index contributed by atoms with van der Waals surface area (Å²) >= 11 is 0. The number of carboxylic acid groups (broad SMARTS) is 1. The number of carbonyl (C=O) groups is 1. The van der Waals surface area contributed by atoms with E-state index in [-0.39, 0.29) is 0 Å². The second-order valence-corrected chi connectivity index (χ2v) is 5.52. The monoisotopic (exact) mass is 300 g/mol. The van der Waals surface area contributed by atoms with Crippen LogP contribution in [0.2, 0.25) is 0 Å². The van der Waals surface area contributed by atoms with E-state index in [1.807, 2.05) is 30.0 Å². The van der Waals surface area contributed by atoms with E-state index in [1.54, 1.807) is 6.20 Å². The van der Waals surface area contributed by atoms with Gasteiger partial charge in [-0.3, -0.25) is 9.69 Å². The minimum Gasteiger partial charge on any atom is -0.480 e. The lowest BCUT2D eigenvalue weighted by Gasteiger charge is -2.38. The number of carboxylic acids is 1. The topological polar surface area (TPSA) is 72.5 Å². The molecule has 1 aromatic heterocycles. The first kappa shape index (κ1) is 14.6. The number of piperazine rings is 1. The molecule has 6 nitrogen and oxygen atoms in total. The van der Waals surface area contributed by atoms with Gasteiger partial charge in [0, 0.05) is 31.9 Å². The van der Waals surface area contributed by atoms with Gasteiger partial charge in [0.25, 0.3) is 0 Å². The maximum absolute atomic E-state index is 11.7. The molecule has 0 aliphatic carbocycles. The van der Waals surface area contributed by atoms with Gasteiger partial charge < -0.3 is 15.0 Å². The van der Waals surface area contributed by atoms with Gasteiger partial charge in [0.05, 0.1) is 11.9 Å². The molecule has 1 aliphatic rings. The van der Waals surface area contributed by atoms with Crippen LogP contribution in [0.25, 0.3) is 0 Å². The molecule has 1 unspecified atom stereocenters. The number of hydrogen-bond donors (Lipinski definition) is 2. The van der Waals surface area contributed by atoms with E-state index in [0.29, 0.717) is 18.8 Å². The van der Waals surface area contributed by atoms with Gasteiger partial charge in [-0.15, -0.1) is 0 Å². The van der Waals surface area contributed by atoms with Crippen LogP contribution in [0.5, 0.6) is 0 Å². The largest absolute Gasteiger partial charge is 0.480 e. The average molecular weight is 300 g/mol. The van der Waals surface area contributed by atoms with Crippen LogP contribution in [0, 0.1) is 6.92 Å². The first-order valence-electron chi connectivity index (χ1n) is 7.43. The number of benzene rings is 1. The molecule has 0 bridgehead atoms. The summed E-state index contributed by atoms with van der Waals surface area (Å²) in [5.41, 5.74) is 1.84. The number of nitrogens with zero attached hydrogens (tertiary/aromatic N) is 3. The number of rotatable bonds is 4. The zero-order valence-electron chi connectivity index (χ0n) is 12.6. The normalized spacial score (nSPS) is 17.4. The van der Waals surface area contributed by atoms with Gasteiger partial charge in [-0.2, -0.15) is 0 Å². The molecule has 0 amide bonds. The molecule has 1 saturated heterocycles. The molecule has 3 rings (SSSR count). The summed E-state index contributed by atoms with van der Waals surface area (Å²) in [5, 5.41) is 9.57. The Hall–Kier alpha value is -2.34. The Balaban J connectivity index is 1.70. The van der Waals surface area contributed by atoms with Crippen molar-refractivity contribution >= 4 is 11.7 Å². The predicted molar refractivity (Wildman–Crippen MR) is 83.9 cm³/mol. The second kappa shape index (κ2) is 6.19. The van der Waals surface area contributed by atoms with E-state index in [2.05, 4.69) is 27.0 Å². The first-order chi connectivity index (χ1) is 10.6. The number of aromatic nitrogens is 2. The molecule has 1 fully saturated rings. The quantitative estimate of drug-likeness (QED) is 0.898. The lowest BCUT2D eigenvalue weighted by molar-refractivity contribution is -0.143. The van der Waals surface area contributed by atoms with Gasteiger partial charge in [-0.1, -0.05) is 18.2 Å². The maximum Gasteiger partial charge on any atom is 0.327 e. The fourth-order valence-electron chi connectivity index (χ4n) is 2.94. The number of aromatic amines is 1. The van der Waals surface area contributed by atoms with Crippen molar-refractivity contribution in [2.45, 2.75) is 13.0 Å². The van der Waals surface area contributed by atoms with Crippen molar-refractivity contribution < 1.29 is 9.90 Å². The number of hydrogen-bond acceptors (Lipinski definition) is 4. The summed E-state index contributed by atoms with van der Waals surface area (Å²) in [4.78, 5) is 23.1.